The van der Waals surface area contributed by atoms with E-state index in [9.17, 15) is 4.79 Å². The maximum Gasteiger partial charge on any atom is 0.341 e. The van der Waals surface area contributed by atoms with Gasteiger partial charge in [0.05, 0.1) is 4.91 Å². The Hall–Kier alpha value is -1.55. The second kappa shape index (κ2) is 5.51. The van der Waals surface area contributed by atoms with Gasteiger partial charge in [-0.1, -0.05) is 42.1 Å². The van der Waals surface area contributed by atoms with Crippen molar-refractivity contribution in [3.63, 3.8) is 0 Å². The first kappa shape index (κ1) is 12.5. The third-order valence-corrected chi connectivity index (χ3v) is 2.96. The summed E-state index contributed by atoms with van der Waals surface area (Å²) in [6.45, 7) is 5.45. The summed E-state index contributed by atoms with van der Waals surface area (Å²) in [7, 11) is 1.64. The lowest BCUT2D eigenvalue weighted by Crippen LogP contribution is -2.02. The molecule has 0 aliphatic carbocycles. The molecule has 0 aromatic heterocycles. The number of carboxylic acid groups (broad SMARTS) is 1. The minimum atomic E-state index is -1.01. The van der Waals surface area contributed by atoms with E-state index in [2.05, 4.69) is 11.6 Å². The van der Waals surface area contributed by atoms with Crippen LogP contribution in [0.2, 0.25) is 0 Å². The molecule has 1 aromatic carbocycles. The normalized spacial score (nSPS) is 11.2. The summed E-state index contributed by atoms with van der Waals surface area (Å²) in [5.41, 5.74) is 2.02. The van der Waals surface area contributed by atoms with Crippen LogP contribution in [-0.2, 0) is 4.79 Å². The molecule has 0 unspecified atom stereocenters. The van der Waals surface area contributed by atoms with Crippen molar-refractivity contribution in [2.24, 2.45) is 4.99 Å². The summed E-state index contributed by atoms with van der Waals surface area (Å²) in [5, 5.41) is 9.42. The van der Waals surface area contributed by atoms with E-state index in [0.29, 0.717) is 5.04 Å². The standard InChI is InChI=1S/C12H13NO2S/c1-8-5-4-6-10(7-8)11(13-3)16-9(2)12(14)15/h4-7H,2H2,1,3H3,(H,14,15). The molecule has 0 atom stereocenters. The molecule has 0 bridgehead atoms. The fourth-order valence-corrected chi connectivity index (χ4v) is 1.83. The zero-order valence-corrected chi connectivity index (χ0v) is 10.0. The fourth-order valence-electron chi connectivity index (χ4n) is 1.17. The number of nitrogens with zero attached hydrogens (tertiary/aromatic N) is 1. The molecule has 0 spiro atoms. The van der Waals surface area contributed by atoms with E-state index in [-0.39, 0.29) is 4.91 Å². The lowest BCUT2D eigenvalue weighted by Gasteiger charge is -2.05. The minimum Gasteiger partial charge on any atom is -0.477 e. The molecule has 0 saturated heterocycles. The minimum absolute atomic E-state index is 0.0714. The molecule has 4 heteroatoms. The van der Waals surface area contributed by atoms with Crippen molar-refractivity contribution < 1.29 is 9.90 Å². The number of aliphatic imine (C=N–C) groups is 1. The van der Waals surface area contributed by atoms with Crippen LogP contribution in [0, 0.1) is 6.92 Å². The van der Waals surface area contributed by atoms with Crippen molar-refractivity contribution in [1.82, 2.24) is 0 Å². The van der Waals surface area contributed by atoms with Gasteiger partial charge in [-0.25, -0.2) is 4.79 Å². The molecule has 1 rings (SSSR count). The van der Waals surface area contributed by atoms with Crippen molar-refractivity contribution in [2.75, 3.05) is 7.05 Å². The SMILES string of the molecule is C=C(SC(=NC)c1cccc(C)c1)C(=O)O. The van der Waals surface area contributed by atoms with Crippen LogP contribution in [0.15, 0.2) is 40.7 Å². The van der Waals surface area contributed by atoms with E-state index in [1.807, 2.05) is 31.2 Å². The Balaban J connectivity index is 2.92. The number of benzene rings is 1. The number of aryl methyl sites for hydroxylation is 1. The molecule has 0 saturated carbocycles. The second-order valence-corrected chi connectivity index (χ2v) is 4.31. The third kappa shape index (κ3) is 3.24. The lowest BCUT2D eigenvalue weighted by molar-refractivity contribution is -0.131. The van der Waals surface area contributed by atoms with Gasteiger partial charge < -0.3 is 5.11 Å². The predicted molar refractivity (Wildman–Crippen MR) is 68.0 cm³/mol. The van der Waals surface area contributed by atoms with Crippen LogP contribution in [-0.4, -0.2) is 23.2 Å². The summed E-state index contributed by atoms with van der Waals surface area (Å²) in [6.07, 6.45) is 0. The van der Waals surface area contributed by atoms with Crippen molar-refractivity contribution in [2.45, 2.75) is 6.92 Å². The Kier molecular flexibility index (Phi) is 4.31. The summed E-state index contributed by atoms with van der Waals surface area (Å²) in [4.78, 5) is 14.8. The van der Waals surface area contributed by atoms with Crippen molar-refractivity contribution >= 4 is 22.8 Å². The van der Waals surface area contributed by atoms with Gasteiger partial charge >= 0.3 is 5.97 Å². The summed E-state index contributed by atoms with van der Waals surface area (Å²) in [5.74, 6) is -1.01. The fraction of sp³-hybridized carbons (Fsp3) is 0.167. The van der Waals surface area contributed by atoms with Gasteiger partial charge in [0.15, 0.2) is 0 Å². The van der Waals surface area contributed by atoms with Gasteiger partial charge in [0.1, 0.15) is 5.04 Å². The van der Waals surface area contributed by atoms with Crippen molar-refractivity contribution in [3.05, 3.63) is 46.9 Å². The summed E-state index contributed by atoms with van der Waals surface area (Å²) < 4.78 is 0. The van der Waals surface area contributed by atoms with Gasteiger partial charge in [0.2, 0.25) is 0 Å². The molecule has 0 heterocycles. The highest BCUT2D eigenvalue weighted by atomic mass is 32.2. The van der Waals surface area contributed by atoms with Crippen LogP contribution in [0.5, 0.6) is 0 Å². The van der Waals surface area contributed by atoms with E-state index in [1.54, 1.807) is 7.05 Å². The zero-order valence-electron chi connectivity index (χ0n) is 9.23. The first-order valence-electron chi connectivity index (χ1n) is 4.68. The number of carbonyl (C=O) groups is 1. The van der Waals surface area contributed by atoms with Crippen molar-refractivity contribution in [1.29, 1.82) is 0 Å². The average molecular weight is 235 g/mol. The number of hydrogen-bond donors (Lipinski definition) is 1. The quantitative estimate of drug-likeness (QED) is 0.498. The number of hydrogen-bond acceptors (Lipinski definition) is 3. The molecule has 1 N–H and O–H groups in total. The first-order valence-corrected chi connectivity index (χ1v) is 5.50. The van der Waals surface area contributed by atoms with Crippen LogP contribution in [0.4, 0.5) is 0 Å². The van der Waals surface area contributed by atoms with E-state index in [4.69, 9.17) is 5.11 Å². The molecule has 0 radical (unpaired) electrons. The van der Waals surface area contributed by atoms with E-state index in [0.717, 1.165) is 22.9 Å². The number of thioether (sulfide) groups is 1. The Morgan fingerprint density at radius 2 is 2.19 bits per heavy atom. The largest absolute Gasteiger partial charge is 0.477 e. The monoisotopic (exact) mass is 235 g/mol. The first-order chi connectivity index (χ1) is 7.54. The van der Waals surface area contributed by atoms with Crippen LogP contribution in [0.25, 0.3) is 0 Å². The van der Waals surface area contributed by atoms with Gasteiger partial charge in [-0.3, -0.25) is 4.99 Å². The third-order valence-electron chi connectivity index (χ3n) is 1.93. The molecule has 0 amide bonds. The molecular formula is C12H13NO2S. The number of rotatable bonds is 3. The summed E-state index contributed by atoms with van der Waals surface area (Å²) in [6, 6.07) is 7.76. The Labute approximate surface area is 98.9 Å². The molecule has 0 aliphatic rings. The molecule has 84 valence electrons. The van der Waals surface area contributed by atoms with Crippen LogP contribution >= 0.6 is 11.8 Å². The van der Waals surface area contributed by atoms with Gasteiger partial charge in [-0.2, -0.15) is 0 Å². The van der Waals surface area contributed by atoms with Gasteiger partial charge in [-0.05, 0) is 13.0 Å². The molecule has 3 nitrogen and oxygen atoms in total. The van der Waals surface area contributed by atoms with E-state index < -0.39 is 5.97 Å². The highest BCUT2D eigenvalue weighted by Crippen LogP contribution is 2.21. The van der Waals surface area contributed by atoms with Gasteiger partial charge in [-0.15, -0.1) is 0 Å². The smallest absolute Gasteiger partial charge is 0.341 e. The molecule has 0 fully saturated rings. The van der Waals surface area contributed by atoms with E-state index >= 15 is 0 Å². The molecular weight excluding hydrogens is 222 g/mol. The lowest BCUT2D eigenvalue weighted by atomic mass is 10.1. The molecule has 0 aliphatic heterocycles. The summed E-state index contributed by atoms with van der Waals surface area (Å²) >= 11 is 1.07. The number of carboxylic acids is 1. The van der Waals surface area contributed by atoms with Crippen molar-refractivity contribution in [3.8, 4) is 0 Å². The highest BCUT2D eigenvalue weighted by molar-refractivity contribution is 8.18. The Bertz CT molecular complexity index is 452. The topological polar surface area (TPSA) is 49.7 Å². The Morgan fingerprint density at radius 1 is 1.50 bits per heavy atom. The highest BCUT2D eigenvalue weighted by Gasteiger charge is 2.11. The molecule has 16 heavy (non-hydrogen) atoms. The Morgan fingerprint density at radius 3 is 2.69 bits per heavy atom. The van der Waals surface area contributed by atoms with Crippen LogP contribution < -0.4 is 0 Å². The van der Waals surface area contributed by atoms with Crippen LogP contribution in [0.1, 0.15) is 11.1 Å². The molecule has 1 aromatic rings. The van der Waals surface area contributed by atoms with Gasteiger partial charge in [0, 0.05) is 12.6 Å². The van der Waals surface area contributed by atoms with Crippen LogP contribution in [0.3, 0.4) is 0 Å². The zero-order chi connectivity index (χ0) is 12.1. The van der Waals surface area contributed by atoms with E-state index in [1.165, 1.54) is 0 Å². The van der Waals surface area contributed by atoms with Gasteiger partial charge in [0.25, 0.3) is 0 Å². The maximum absolute atomic E-state index is 10.7. The maximum atomic E-state index is 10.7. The number of aliphatic carboxylic acids is 1. The second-order valence-electron chi connectivity index (χ2n) is 3.23. The predicted octanol–water partition coefficient (Wildman–Crippen LogP) is 2.70. The average Bonchev–Trinajstić information content (AvgIpc) is 2.25.